The van der Waals surface area contributed by atoms with Crippen LogP contribution >= 0.6 is 11.6 Å². The van der Waals surface area contributed by atoms with Crippen LogP contribution in [0.5, 0.6) is 0 Å². The minimum Gasteiger partial charge on any atom is -0.271 e. The largest absolute Gasteiger partial charge is 0.271 e. The molecule has 0 aliphatic rings. The fraction of sp³-hybridized carbons (Fsp3) is 0.130. The van der Waals surface area contributed by atoms with Gasteiger partial charge in [0.1, 0.15) is 6.54 Å². The molecule has 0 aromatic heterocycles. The average Bonchev–Trinajstić information content (AvgIpc) is 2.77. The minimum atomic E-state index is -4.00. The van der Waals surface area contributed by atoms with Crippen molar-refractivity contribution in [1.29, 1.82) is 0 Å². The highest BCUT2D eigenvalue weighted by atomic mass is 35.5. The molecule has 6 nitrogen and oxygen atoms in total. The number of hydrogen-bond donors (Lipinski definition) is 1. The summed E-state index contributed by atoms with van der Waals surface area (Å²) >= 11 is 5.89. The molecule has 3 aromatic carbocycles. The summed E-state index contributed by atoms with van der Waals surface area (Å²) in [6.45, 7) is 3.32. The Morgan fingerprint density at radius 3 is 2.19 bits per heavy atom. The molecule has 0 aliphatic carbocycles. The molecule has 160 valence electrons. The Labute approximate surface area is 187 Å². The Hall–Kier alpha value is -3.16. The van der Waals surface area contributed by atoms with Crippen molar-refractivity contribution < 1.29 is 13.2 Å². The zero-order valence-electron chi connectivity index (χ0n) is 17.1. The van der Waals surface area contributed by atoms with Gasteiger partial charge in [-0.25, -0.2) is 13.8 Å². The lowest BCUT2D eigenvalue weighted by Crippen LogP contribution is -2.39. The van der Waals surface area contributed by atoms with E-state index < -0.39 is 22.5 Å². The Kier molecular flexibility index (Phi) is 7.09. The molecule has 0 unspecified atom stereocenters. The maximum absolute atomic E-state index is 13.2. The molecule has 1 amide bonds. The SMILES string of the molecule is C/C(=N/NC(=O)CN(c1ccccc1)S(=O)(=O)c1ccc(Cl)cc1)c1ccc(C)cc1. The molecule has 0 radical (unpaired) electrons. The van der Waals surface area contributed by atoms with Gasteiger partial charge in [-0.1, -0.05) is 59.6 Å². The van der Waals surface area contributed by atoms with Crippen molar-refractivity contribution in [3.8, 4) is 0 Å². The second-order valence-corrected chi connectivity index (χ2v) is 9.20. The van der Waals surface area contributed by atoms with Gasteiger partial charge in [0.15, 0.2) is 0 Å². The zero-order chi connectivity index (χ0) is 22.4. The molecule has 0 saturated heterocycles. The molecule has 8 heteroatoms. The van der Waals surface area contributed by atoms with Crippen molar-refractivity contribution >= 4 is 38.9 Å². The number of carbonyl (C=O) groups excluding carboxylic acids is 1. The Morgan fingerprint density at radius 2 is 1.58 bits per heavy atom. The summed E-state index contributed by atoms with van der Waals surface area (Å²) in [5.74, 6) is -0.562. The number of nitrogens with one attached hydrogen (secondary N) is 1. The number of benzene rings is 3. The van der Waals surface area contributed by atoms with Crippen molar-refractivity contribution in [1.82, 2.24) is 5.43 Å². The number of hydrogen-bond acceptors (Lipinski definition) is 4. The van der Waals surface area contributed by atoms with E-state index in [0.717, 1.165) is 15.4 Å². The van der Waals surface area contributed by atoms with E-state index in [2.05, 4.69) is 10.5 Å². The highest BCUT2D eigenvalue weighted by molar-refractivity contribution is 7.92. The highest BCUT2D eigenvalue weighted by Gasteiger charge is 2.27. The van der Waals surface area contributed by atoms with Gasteiger partial charge in [0.25, 0.3) is 15.9 Å². The van der Waals surface area contributed by atoms with Crippen LogP contribution in [0.25, 0.3) is 0 Å². The Morgan fingerprint density at radius 1 is 0.968 bits per heavy atom. The fourth-order valence-corrected chi connectivity index (χ4v) is 4.36. The van der Waals surface area contributed by atoms with Gasteiger partial charge >= 0.3 is 0 Å². The van der Waals surface area contributed by atoms with Crippen molar-refractivity contribution in [3.05, 3.63) is 95.0 Å². The molecule has 1 N–H and O–H groups in total. The predicted molar refractivity (Wildman–Crippen MR) is 124 cm³/mol. The number of halogens is 1. The molecule has 0 aliphatic heterocycles. The van der Waals surface area contributed by atoms with Crippen LogP contribution < -0.4 is 9.73 Å². The second-order valence-electron chi connectivity index (χ2n) is 6.90. The molecule has 3 rings (SSSR count). The summed E-state index contributed by atoms with van der Waals surface area (Å²) in [6, 6.07) is 21.9. The van der Waals surface area contributed by atoms with Crippen LogP contribution in [0, 0.1) is 6.92 Å². The number of amides is 1. The number of hydrazone groups is 1. The van der Waals surface area contributed by atoms with Gasteiger partial charge in [-0.05, 0) is 55.8 Å². The summed E-state index contributed by atoms with van der Waals surface area (Å²) in [4.78, 5) is 12.6. The highest BCUT2D eigenvalue weighted by Crippen LogP contribution is 2.24. The minimum absolute atomic E-state index is 0.0351. The van der Waals surface area contributed by atoms with Gasteiger partial charge in [-0.3, -0.25) is 9.10 Å². The maximum Gasteiger partial charge on any atom is 0.264 e. The van der Waals surface area contributed by atoms with Crippen molar-refractivity contribution in [2.75, 3.05) is 10.8 Å². The lowest BCUT2D eigenvalue weighted by atomic mass is 10.1. The first-order chi connectivity index (χ1) is 14.8. The molecule has 0 spiro atoms. The third-order valence-corrected chi connectivity index (χ3v) is 6.59. The summed E-state index contributed by atoms with van der Waals surface area (Å²) in [6.07, 6.45) is 0. The van der Waals surface area contributed by atoms with E-state index >= 15 is 0 Å². The number of nitrogens with zero attached hydrogens (tertiary/aromatic N) is 2. The van der Waals surface area contributed by atoms with Crippen LogP contribution in [0.15, 0.2) is 88.9 Å². The lowest BCUT2D eigenvalue weighted by molar-refractivity contribution is -0.119. The molecule has 0 heterocycles. The summed E-state index contributed by atoms with van der Waals surface area (Å²) in [7, 11) is -4.00. The lowest BCUT2D eigenvalue weighted by Gasteiger charge is -2.23. The third kappa shape index (κ3) is 5.71. The quantitative estimate of drug-likeness (QED) is 0.424. The number of sulfonamides is 1. The number of rotatable bonds is 7. The molecule has 0 saturated carbocycles. The first kappa shape index (κ1) is 22.5. The first-order valence-corrected chi connectivity index (χ1v) is 11.3. The third-order valence-electron chi connectivity index (χ3n) is 4.55. The average molecular weight is 456 g/mol. The predicted octanol–water partition coefficient (Wildman–Crippen LogP) is 4.38. The summed E-state index contributed by atoms with van der Waals surface area (Å²) in [5.41, 5.74) is 5.41. The molecule has 3 aromatic rings. The second kappa shape index (κ2) is 9.76. The van der Waals surface area contributed by atoms with Gasteiger partial charge < -0.3 is 0 Å². The maximum atomic E-state index is 13.2. The van der Waals surface area contributed by atoms with Gasteiger partial charge in [0, 0.05) is 5.02 Å². The Balaban J connectivity index is 1.83. The van der Waals surface area contributed by atoms with Crippen molar-refractivity contribution in [2.45, 2.75) is 18.7 Å². The molecular weight excluding hydrogens is 434 g/mol. The van der Waals surface area contributed by atoms with E-state index in [1.54, 1.807) is 37.3 Å². The molecule has 0 atom stereocenters. The van der Waals surface area contributed by atoms with E-state index in [9.17, 15) is 13.2 Å². The van der Waals surface area contributed by atoms with Crippen LogP contribution in [-0.4, -0.2) is 26.6 Å². The zero-order valence-corrected chi connectivity index (χ0v) is 18.7. The van der Waals surface area contributed by atoms with Crippen LogP contribution in [-0.2, 0) is 14.8 Å². The molecule has 0 bridgehead atoms. The van der Waals surface area contributed by atoms with Gasteiger partial charge in [0.05, 0.1) is 16.3 Å². The van der Waals surface area contributed by atoms with Gasteiger partial charge in [-0.15, -0.1) is 0 Å². The number of anilines is 1. The molecule has 31 heavy (non-hydrogen) atoms. The van der Waals surface area contributed by atoms with Crippen LogP contribution in [0.2, 0.25) is 5.02 Å². The molecular formula is C23H22ClN3O3S. The molecule has 0 fully saturated rings. The summed E-state index contributed by atoms with van der Waals surface area (Å²) < 4.78 is 27.5. The summed E-state index contributed by atoms with van der Waals surface area (Å²) in [5, 5.41) is 4.54. The van der Waals surface area contributed by atoms with E-state index in [4.69, 9.17) is 11.6 Å². The van der Waals surface area contributed by atoms with Crippen LogP contribution in [0.4, 0.5) is 5.69 Å². The van der Waals surface area contributed by atoms with Crippen molar-refractivity contribution in [3.63, 3.8) is 0 Å². The van der Waals surface area contributed by atoms with Gasteiger partial charge in [0.2, 0.25) is 0 Å². The number of para-hydroxylation sites is 1. The van der Waals surface area contributed by atoms with Gasteiger partial charge in [-0.2, -0.15) is 5.10 Å². The van der Waals surface area contributed by atoms with E-state index in [0.29, 0.717) is 16.4 Å². The topological polar surface area (TPSA) is 78.8 Å². The normalized spacial score (nSPS) is 11.8. The smallest absolute Gasteiger partial charge is 0.264 e. The van der Waals surface area contributed by atoms with E-state index in [1.807, 2.05) is 31.2 Å². The number of carbonyl (C=O) groups is 1. The monoisotopic (exact) mass is 455 g/mol. The van der Waals surface area contributed by atoms with Crippen LogP contribution in [0.3, 0.4) is 0 Å². The fourth-order valence-electron chi connectivity index (χ4n) is 2.81. The van der Waals surface area contributed by atoms with Crippen molar-refractivity contribution in [2.24, 2.45) is 5.10 Å². The van der Waals surface area contributed by atoms with Crippen LogP contribution in [0.1, 0.15) is 18.1 Å². The number of aryl methyl sites for hydroxylation is 1. The Bertz CT molecular complexity index is 1180. The first-order valence-electron chi connectivity index (χ1n) is 9.51. The van der Waals surface area contributed by atoms with E-state index in [-0.39, 0.29) is 4.90 Å². The standard InChI is InChI=1S/C23H22ClN3O3S/c1-17-8-10-19(11-9-17)18(2)25-26-23(28)16-27(21-6-4-3-5-7-21)31(29,30)22-14-12-20(24)13-15-22/h3-15H,16H2,1-2H3,(H,26,28)/b25-18-. The van der Waals surface area contributed by atoms with E-state index in [1.165, 1.54) is 24.3 Å².